The van der Waals surface area contributed by atoms with Gasteiger partial charge < -0.3 is 9.64 Å². The van der Waals surface area contributed by atoms with Crippen molar-refractivity contribution in [3.8, 4) is 0 Å². The minimum atomic E-state index is -1.10. The normalized spacial score (nSPS) is 32.7. The quantitative estimate of drug-likeness (QED) is 0.637. The van der Waals surface area contributed by atoms with Gasteiger partial charge in [0.05, 0.1) is 5.41 Å². The molecule has 1 heterocycles. The summed E-state index contributed by atoms with van der Waals surface area (Å²) in [6, 6.07) is 0. The standard InChI is InChI=1S/C15H24N2O3S/c1-6-17(7-2)12(21)16-10(18)15-9-8-14(5,11(19)20-15)13(15,3)4/h6-9H2,1-5H3,(H,16,18,21)/t14-,15+/m0/s1. The fraction of sp³-hybridized carbons (Fsp3) is 0.800. The third kappa shape index (κ3) is 1.91. The Bertz CT molecular complexity index is 501. The summed E-state index contributed by atoms with van der Waals surface area (Å²) < 4.78 is 5.55. The Morgan fingerprint density at radius 2 is 1.86 bits per heavy atom. The number of hydrogen-bond acceptors (Lipinski definition) is 4. The van der Waals surface area contributed by atoms with E-state index in [0.29, 0.717) is 18.0 Å². The second kappa shape index (κ2) is 4.93. The van der Waals surface area contributed by atoms with Crippen LogP contribution in [0.15, 0.2) is 0 Å². The number of carbonyl (C=O) groups is 2. The lowest BCUT2D eigenvalue weighted by Gasteiger charge is -2.36. The summed E-state index contributed by atoms with van der Waals surface area (Å²) >= 11 is 5.28. The maximum absolute atomic E-state index is 12.8. The fourth-order valence-electron chi connectivity index (χ4n) is 3.54. The molecule has 21 heavy (non-hydrogen) atoms. The lowest BCUT2D eigenvalue weighted by molar-refractivity contribution is -0.167. The number of rotatable bonds is 3. The number of nitrogens with zero attached hydrogens (tertiary/aromatic N) is 1. The zero-order chi connectivity index (χ0) is 16.1. The molecule has 2 bridgehead atoms. The molecule has 0 aromatic heterocycles. The molecule has 0 aromatic carbocycles. The summed E-state index contributed by atoms with van der Waals surface area (Å²) in [6.45, 7) is 11.2. The van der Waals surface area contributed by atoms with Gasteiger partial charge in [-0.1, -0.05) is 13.8 Å². The average Bonchev–Trinajstić information content (AvgIpc) is 2.70. The SMILES string of the molecule is CCN(CC)C(=S)NC(=O)[C@@]12CC[C@@](C)(C(=O)O1)C2(C)C. The molecule has 0 aromatic rings. The number of hydrogen-bond donors (Lipinski definition) is 1. The van der Waals surface area contributed by atoms with E-state index in [2.05, 4.69) is 5.32 Å². The molecule has 6 heteroatoms. The third-order valence-electron chi connectivity index (χ3n) is 5.72. The number of nitrogens with one attached hydrogen (secondary N) is 1. The highest BCUT2D eigenvalue weighted by Gasteiger charge is 2.75. The van der Waals surface area contributed by atoms with E-state index >= 15 is 0 Å². The van der Waals surface area contributed by atoms with Crippen molar-refractivity contribution in [2.45, 2.75) is 53.1 Å². The van der Waals surface area contributed by atoms with E-state index < -0.39 is 16.4 Å². The van der Waals surface area contributed by atoms with E-state index in [1.807, 2.05) is 39.5 Å². The molecule has 2 fully saturated rings. The highest BCUT2D eigenvalue weighted by Crippen LogP contribution is 2.65. The lowest BCUT2D eigenvalue weighted by atomic mass is 9.66. The molecule has 0 radical (unpaired) electrons. The van der Waals surface area contributed by atoms with Crippen LogP contribution in [0.2, 0.25) is 0 Å². The van der Waals surface area contributed by atoms with Gasteiger partial charge in [-0.3, -0.25) is 14.9 Å². The fourth-order valence-corrected chi connectivity index (χ4v) is 3.89. The Balaban J connectivity index is 2.24. The van der Waals surface area contributed by atoms with Crippen LogP contribution in [0.4, 0.5) is 0 Å². The molecule has 118 valence electrons. The maximum atomic E-state index is 12.8. The van der Waals surface area contributed by atoms with Crippen LogP contribution in [0.25, 0.3) is 0 Å². The topological polar surface area (TPSA) is 58.6 Å². The molecule has 2 atom stereocenters. The van der Waals surface area contributed by atoms with Gasteiger partial charge in [-0.05, 0) is 45.8 Å². The Hall–Kier alpha value is -1.17. The summed E-state index contributed by atoms with van der Waals surface area (Å²) in [4.78, 5) is 26.8. The Morgan fingerprint density at radius 3 is 2.24 bits per heavy atom. The van der Waals surface area contributed by atoms with E-state index in [0.717, 1.165) is 13.1 Å². The maximum Gasteiger partial charge on any atom is 0.313 e. The van der Waals surface area contributed by atoms with Crippen LogP contribution in [0, 0.1) is 10.8 Å². The molecule has 2 rings (SSSR count). The second-order valence-electron chi connectivity index (χ2n) is 6.61. The number of fused-ring (bicyclic) bond motifs is 2. The zero-order valence-corrected chi connectivity index (χ0v) is 14.2. The first-order chi connectivity index (χ1) is 9.66. The summed E-state index contributed by atoms with van der Waals surface area (Å²) in [7, 11) is 0. The molecule has 0 unspecified atom stereocenters. The number of thiocarbonyl (C=S) groups is 1. The van der Waals surface area contributed by atoms with Gasteiger partial charge in [0.2, 0.25) is 0 Å². The molecule has 1 aliphatic heterocycles. The Labute approximate surface area is 131 Å². The van der Waals surface area contributed by atoms with Crippen molar-refractivity contribution in [3.63, 3.8) is 0 Å². The molecule has 2 aliphatic rings. The summed E-state index contributed by atoms with van der Waals surface area (Å²) in [5, 5.41) is 3.17. The molecule has 1 aliphatic carbocycles. The van der Waals surface area contributed by atoms with Crippen molar-refractivity contribution in [1.82, 2.24) is 10.2 Å². The molecular formula is C15H24N2O3S. The zero-order valence-electron chi connectivity index (χ0n) is 13.4. The predicted molar refractivity (Wildman–Crippen MR) is 83.6 cm³/mol. The van der Waals surface area contributed by atoms with Crippen molar-refractivity contribution in [3.05, 3.63) is 0 Å². The van der Waals surface area contributed by atoms with Gasteiger partial charge in [-0.15, -0.1) is 0 Å². The number of esters is 1. The van der Waals surface area contributed by atoms with Gasteiger partial charge in [-0.25, -0.2) is 0 Å². The molecule has 1 N–H and O–H groups in total. The average molecular weight is 312 g/mol. The minimum Gasteiger partial charge on any atom is -0.448 e. The first kappa shape index (κ1) is 16.2. The number of amides is 1. The highest BCUT2D eigenvalue weighted by molar-refractivity contribution is 7.80. The van der Waals surface area contributed by atoms with E-state index in [1.165, 1.54) is 0 Å². The van der Waals surface area contributed by atoms with Gasteiger partial charge in [0.15, 0.2) is 10.7 Å². The molecular weight excluding hydrogens is 288 g/mol. The molecule has 1 saturated carbocycles. The number of carbonyl (C=O) groups excluding carboxylic acids is 2. The Kier molecular flexibility index (Phi) is 3.81. The van der Waals surface area contributed by atoms with Crippen molar-refractivity contribution >= 4 is 29.2 Å². The van der Waals surface area contributed by atoms with Crippen molar-refractivity contribution < 1.29 is 14.3 Å². The van der Waals surface area contributed by atoms with Gasteiger partial charge >= 0.3 is 5.97 Å². The van der Waals surface area contributed by atoms with E-state index in [-0.39, 0.29) is 11.9 Å². The van der Waals surface area contributed by atoms with Crippen LogP contribution in [-0.4, -0.2) is 40.6 Å². The van der Waals surface area contributed by atoms with Crippen molar-refractivity contribution in [2.75, 3.05) is 13.1 Å². The summed E-state index contributed by atoms with van der Waals surface area (Å²) in [5.41, 5.74) is -2.24. The van der Waals surface area contributed by atoms with E-state index in [1.54, 1.807) is 0 Å². The Morgan fingerprint density at radius 1 is 1.29 bits per heavy atom. The van der Waals surface area contributed by atoms with Crippen LogP contribution < -0.4 is 5.32 Å². The van der Waals surface area contributed by atoms with Crippen molar-refractivity contribution in [2.24, 2.45) is 10.8 Å². The third-order valence-corrected chi connectivity index (χ3v) is 6.08. The molecule has 5 nitrogen and oxygen atoms in total. The van der Waals surface area contributed by atoms with Crippen LogP contribution in [0.3, 0.4) is 0 Å². The molecule has 1 saturated heterocycles. The van der Waals surface area contributed by atoms with E-state index in [9.17, 15) is 9.59 Å². The second-order valence-corrected chi connectivity index (χ2v) is 6.99. The summed E-state index contributed by atoms with van der Waals surface area (Å²) in [6.07, 6.45) is 1.22. The minimum absolute atomic E-state index is 0.275. The van der Waals surface area contributed by atoms with Gasteiger partial charge in [0.25, 0.3) is 5.91 Å². The van der Waals surface area contributed by atoms with Crippen LogP contribution >= 0.6 is 12.2 Å². The van der Waals surface area contributed by atoms with E-state index in [4.69, 9.17) is 17.0 Å². The van der Waals surface area contributed by atoms with Crippen LogP contribution in [0.1, 0.15) is 47.5 Å². The van der Waals surface area contributed by atoms with Crippen LogP contribution in [0.5, 0.6) is 0 Å². The predicted octanol–water partition coefficient (Wildman–Crippen LogP) is 1.85. The molecule has 0 spiro atoms. The van der Waals surface area contributed by atoms with Crippen molar-refractivity contribution in [1.29, 1.82) is 0 Å². The van der Waals surface area contributed by atoms with Crippen LogP contribution in [-0.2, 0) is 14.3 Å². The van der Waals surface area contributed by atoms with Gasteiger partial charge in [-0.2, -0.15) is 0 Å². The number of ether oxygens (including phenoxy) is 1. The first-order valence-corrected chi connectivity index (χ1v) is 7.91. The largest absolute Gasteiger partial charge is 0.448 e. The summed E-state index contributed by atoms with van der Waals surface area (Å²) in [5.74, 6) is -0.568. The van der Waals surface area contributed by atoms with Gasteiger partial charge in [0, 0.05) is 18.5 Å². The highest BCUT2D eigenvalue weighted by atomic mass is 32.1. The lowest BCUT2D eigenvalue weighted by Crippen LogP contribution is -2.56. The smallest absolute Gasteiger partial charge is 0.313 e. The first-order valence-electron chi connectivity index (χ1n) is 7.50. The van der Waals surface area contributed by atoms with Gasteiger partial charge in [0.1, 0.15) is 0 Å². The monoisotopic (exact) mass is 312 g/mol. The molecule has 1 amide bonds.